The molecule has 5 rings (SSSR count). The highest BCUT2D eigenvalue weighted by atomic mass is 32.1. The molecule has 4 heterocycles. The van der Waals surface area contributed by atoms with E-state index in [1.807, 2.05) is 52.7 Å². The van der Waals surface area contributed by atoms with Crippen molar-refractivity contribution in [3.8, 4) is 5.75 Å². The molecule has 0 spiro atoms. The van der Waals surface area contributed by atoms with Gasteiger partial charge in [0.05, 0.1) is 16.8 Å². The van der Waals surface area contributed by atoms with Gasteiger partial charge in [-0.05, 0) is 25.5 Å². The minimum atomic E-state index is -0.625. The Morgan fingerprint density at radius 3 is 3.11 bits per heavy atom. The maximum atomic E-state index is 13.2. The highest BCUT2D eigenvalue weighted by molar-refractivity contribution is 7.07. The SMILES string of the molecule is CCCn1cc(C=c2sc3n(c2=O)C2CC(C)(N=3)Oc3ccccc32)cn1. The minimum Gasteiger partial charge on any atom is -0.466 e. The Kier molecular flexibility index (Phi) is 3.62. The Bertz CT molecular complexity index is 1210. The molecule has 1 aromatic carbocycles. The molecule has 0 radical (unpaired) electrons. The summed E-state index contributed by atoms with van der Waals surface area (Å²) in [6, 6.07) is 7.89. The standard InChI is InChI=1S/C20H20N4O2S/c1-3-8-23-12-13(11-21-23)9-17-18(25)24-15-10-20(2,22-19(24)27-17)26-16-7-5-4-6-14(15)16/h4-7,9,11-12,15H,3,8,10H2,1-2H3. The number of fused-ring (bicyclic) bond motifs is 6. The van der Waals surface area contributed by atoms with E-state index in [4.69, 9.17) is 9.73 Å². The van der Waals surface area contributed by atoms with Crippen LogP contribution in [-0.2, 0) is 6.54 Å². The van der Waals surface area contributed by atoms with Gasteiger partial charge in [-0.3, -0.25) is 14.0 Å². The highest BCUT2D eigenvalue weighted by Crippen LogP contribution is 2.42. The van der Waals surface area contributed by atoms with Crippen LogP contribution < -0.4 is 19.6 Å². The van der Waals surface area contributed by atoms with Gasteiger partial charge in [0.2, 0.25) is 5.72 Å². The normalized spacial score (nSPS) is 23.3. The summed E-state index contributed by atoms with van der Waals surface area (Å²) in [4.78, 5) is 18.7. The van der Waals surface area contributed by atoms with Gasteiger partial charge in [-0.1, -0.05) is 36.5 Å². The molecule has 2 atom stereocenters. The van der Waals surface area contributed by atoms with E-state index in [0.29, 0.717) is 11.0 Å². The van der Waals surface area contributed by atoms with Gasteiger partial charge in [0, 0.05) is 30.3 Å². The van der Waals surface area contributed by atoms with Crippen molar-refractivity contribution in [3.05, 3.63) is 67.5 Å². The van der Waals surface area contributed by atoms with Crippen molar-refractivity contribution < 1.29 is 4.74 Å². The van der Waals surface area contributed by atoms with Crippen molar-refractivity contribution in [3.63, 3.8) is 0 Å². The summed E-state index contributed by atoms with van der Waals surface area (Å²) in [6.07, 6.45) is 7.37. The molecule has 138 valence electrons. The Morgan fingerprint density at radius 2 is 2.26 bits per heavy atom. The Morgan fingerprint density at radius 1 is 1.41 bits per heavy atom. The second-order valence-corrected chi connectivity index (χ2v) is 8.26. The molecule has 7 heteroatoms. The first-order chi connectivity index (χ1) is 13.1. The van der Waals surface area contributed by atoms with Gasteiger partial charge in [-0.15, -0.1) is 0 Å². The van der Waals surface area contributed by atoms with E-state index < -0.39 is 5.72 Å². The summed E-state index contributed by atoms with van der Waals surface area (Å²) in [5, 5.41) is 4.35. The van der Waals surface area contributed by atoms with Crippen molar-refractivity contribution in [1.29, 1.82) is 0 Å². The molecule has 2 aliphatic rings. The van der Waals surface area contributed by atoms with E-state index >= 15 is 0 Å². The van der Waals surface area contributed by atoms with Gasteiger partial charge in [-0.2, -0.15) is 5.10 Å². The van der Waals surface area contributed by atoms with Gasteiger partial charge in [-0.25, -0.2) is 4.99 Å². The van der Waals surface area contributed by atoms with Gasteiger partial charge in [0.25, 0.3) is 5.56 Å². The number of aromatic nitrogens is 3. The largest absolute Gasteiger partial charge is 0.466 e. The third kappa shape index (κ3) is 2.65. The van der Waals surface area contributed by atoms with Gasteiger partial charge in [0.1, 0.15) is 5.75 Å². The zero-order chi connectivity index (χ0) is 18.6. The third-order valence-electron chi connectivity index (χ3n) is 5.06. The smallest absolute Gasteiger partial charge is 0.270 e. The van der Waals surface area contributed by atoms with E-state index in [1.54, 1.807) is 6.20 Å². The van der Waals surface area contributed by atoms with Gasteiger partial charge >= 0.3 is 0 Å². The average Bonchev–Trinajstić information content (AvgIpc) is 3.19. The second-order valence-electron chi connectivity index (χ2n) is 7.25. The summed E-state index contributed by atoms with van der Waals surface area (Å²) in [5.41, 5.74) is 1.37. The molecule has 0 saturated carbocycles. The minimum absolute atomic E-state index is 0.00532. The quantitative estimate of drug-likeness (QED) is 0.699. The van der Waals surface area contributed by atoms with Crippen LogP contribution in [0.5, 0.6) is 5.75 Å². The first-order valence-electron chi connectivity index (χ1n) is 9.20. The molecule has 6 nitrogen and oxygen atoms in total. The molecule has 2 unspecified atom stereocenters. The van der Waals surface area contributed by atoms with E-state index in [1.165, 1.54) is 11.3 Å². The van der Waals surface area contributed by atoms with Crippen molar-refractivity contribution in [2.75, 3.05) is 0 Å². The maximum Gasteiger partial charge on any atom is 0.270 e. The molecular weight excluding hydrogens is 360 g/mol. The molecule has 0 N–H and O–H groups in total. The number of nitrogens with zero attached hydrogens (tertiary/aromatic N) is 4. The summed E-state index contributed by atoms with van der Waals surface area (Å²) in [6.45, 7) is 4.98. The topological polar surface area (TPSA) is 61.4 Å². The number of rotatable bonds is 3. The summed E-state index contributed by atoms with van der Waals surface area (Å²) in [5.74, 6) is 0.815. The number of hydrogen-bond acceptors (Lipinski definition) is 5. The fourth-order valence-electron chi connectivity index (χ4n) is 3.89. The first-order valence-corrected chi connectivity index (χ1v) is 10.0. The highest BCUT2D eigenvalue weighted by Gasteiger charge is 2.42. The fourth-order valence-corrected chi connectivity index (χ4v) is 5.02. The van der Waals surface area contributed by atoms with Crippen LogP contribution in [0.3, 0.4) is 0 Å². The van der Waals surface area contributed by atoms with Crippen molar-refractivity contribution in [1.82, 2.24) is 14.3 Å². The van der Waals surface area contributed by atoms with Crippen LogP contribution in [0.4, 0.5) is 0 Å². The van der Waals surface area contributed by atoms with Crippen molar-refractivity contribution >= 4 is 17.4 Å². The lowest BCUT2D eigenvalue weighted by atomic mass is 9.93. The Hall–Kier alpha value is -2.67. The number of ether oxygens (including phenoxy) is 1. The van der Waals surface area contributed by atoms with Crippen LogP contribution in [0.1, 0.15) is 43.9 Å². The monoisotopic (exact) mass is 380 g/mol. The van der Waals surface area contributed by atoms with Crippen molar-refractivity contribution in [2.24, 2.45) is 4.99 Å². The van der Waals surface area contributed by atoms with E-state index in [9.17, 15) is 4.79 Å². The predicted molar refractivity (Wildman–Crippen MR) is 104 cm³/mol. The van der Waals surface area contributed by atoms with Crippen LogP contribution >= 0.6 is 11.3 Å². The lowest BCUT2D eigenvalue weighted by Gasteiger charge is -2.39. The molecule has 3 aromatic rings. The van der Waals surface area contributed by atoms with Crippen LogP contribution in [0.2, 0.25) is 0 Å². The Labute approximate surface area is 160 Å². The molecule has 0 aliphatic carbocycles. The molecule has 0 amide bonds. The maximum absolute atomic E-state index is 13.2. The molecule has 0 fully saturated rings. The van der Waals surface area contributed by atoms with Gasteiger partial charge in [0.15, 0.2) is 4.80 Å². The summed E-state index contributed by atoms with van der Waals surface area (Å²) < 4.78 is 10.6. The van der Waals surface area contributed by atoms with E-state index in [0.717, 1.165) is 34.6 Å². The molecule has 27 heavy (non-hydrogen) atoms. The number of aryl methyl sites for hydroxylation is 1. The second kappa shape index (κ2) is 5.92. The number of para-hydroxylation sites is 1. The van der Waals surface area contributed by atoms with Crippen molar-refractivity contribution in [2.45, 2.75) is 45.0 Å². The number of benzene rings is 1. The number of hydrogen-bond donors (Lipinski definition) is 0. The third-order valence-corrected chi connectivity index (χ3v) is 6.05. The Balaban J connectivity index is 1.68. The zero-order valence-corrected chi connectivity index (χ0v) is 16.1. The zero-order valence-electron chi connectivity index (χ0n) is 15.3. The first kappa shape index (κ1) is 16.5. The molecule has 2 aromatic heterocycles. The molecule has 2 aliphatic heterocycles. The lowest BCUT2D eigenvalue weighted by molar-refractivity contribution is 0.0410. The summed E-state index contributed by atoms with van der Waals surface area (Å²) in [7, 11) is 0. The molecular formula is C20H20N4O2S. The fraction of sp³-hybridized carbons (Fsp3) is 0.350. The molecule has 2 bridgehead atoms. The van der Waals surface area contributed by atoms with E-state index in [2.05, 4.69) is 12.0 Å². The van der Waals surface area contributed by atoms with E-state index in [-0.39, 0.29) is 11.6 Å². The lowest BCUT2D eigenvalue weighted by Crippen LogP contribution is -2.49. The van der Waals surface area contributed by atoms with Crippen LogP contribution in [-0.4, -0.2) is 20.1 Å². The average molecular weight is 380 g/mol. The van der Waals surface area contributed by atoms with Gasteiger partial charge < -0.3 is 4.74 Å². The molecule has 0 saturated heterocycles. The number of thiazole rings is 1. The van der Waals surface area contributed by atoms with Crippen LogP contribution in [0.25, 0.3) is 6.08 Å². The predicted octanol–water partition coefficient (Wildman–Crippen LogP) is 2.07. The summed E-state index contributed by atoms with van der Waals surface area (Å²) >= 11 is 1.42. The van der Waals surface area contributed by atoms with Crippen LogP contribution in [0, 0.1) is 0 Å². The van der Waals surface area contributed by atoms with Crippen LogP contribution in [0.15, 0.2) is 46.4 Å².